The Morgan fingerprint density at radius 3 is 2.57 bits per heavy atom. The molecular weight excluding hydrogens is 360 g/mol. The number of fused-ring (bicyclic) bond motifs is 1. The van der Waals surface area contributed by atoms with E-state index in [9.17, 15) is 15.2 Å². The van der Waals surface area contributed by atoms with E-state index in [0.29, 0.717) is 5.69 Å². The molecule has 0 spiro atoms. The molecule has 0 radical (unpaired) electrons. The zero-order valence-electron chi connectivity index (χ0n) is 11.8. The van der Waals surface area contributed by atoms with Gasteiger partial charge in [0.05, 0.1) is 15.1 Å². The molecule has 0 fully saturated rings. The Morgan fingerprint density at radius 2 is 1.83 bits per heavy atom. The second kappa shape index (κ2) is 6.18. The molecule has 0 atom stereocenters. The highest BCUT2D eigenvalue weighted by Crippen LogP contribution is 2.32. The number of phenols is 1. The lowest BCUT2D eigenvalue weighted by Crippen LogP contribution is -1.91. The van der Waals surface area contributed by atoms with Crippen LogP contribution in [0.2, 0.25) is 0 Å². The third kappa shape index (κ3) is 3.22. The Hall–Kier alpha value is -2.73. The van der Waals surface area contributed by atoms with E-state index < -0.39 is 4.92 Å². The standard InChI is InChI=1S/C17H11BrN2O3/c18-16-9-15(20(22)23)8-13(17(16)21)10-19-14-6-5-11-3-1-2-4-12(11)7-14/h1-10,21H. The minimum Gasteiger partial charge on any atom is -0.506 e. The number of nitro groups is 1. The summed E-state index contributed by atoms with van der Waals surface area (Å²) < 4.78 is 0.256. The highest BCUT2D eigenvalue weighted by Gasteiger charge is 2.13. The molecule has 0 heterocycles. The number of aromatic hydroxyl groups is 1. The van der Waals surface area contributed by atoms with Crippen LogP contribution < -0.4 is 0 Å². The summed E-state index contributed by atoms with van der Waals surface area (Å²) in [7, 11) is 0. The Bertz CT molecular complexity index is 938. The van der Waals surface area contributed by atoms with Crippen LogP contribution in [0.3, 0.4) is 0 Å². The Kier molecular flexibility index (Phi) is 4.08. The second-order valence-electron chi connectivity index (χ2n) is 4.91. The number of hydrogen-bond acceptors (Lipinski definition) is 4. The minimum atomic E-state index is -0.516. The molecule has 0 bridgehead atoms. The van der Waals surface area contributed by atoms with E-state index in [0.717, 1.165) is 10.8 Å². The van der Waals surface area contributed by atoms with E-state index in [4.69, 9.17) is 0 Å². The van der Waals surface area contributed by atoms with Crippen molar-refractivity contribution in [1.82, 2.24) is 0 Å². The van der Waals surface area contributed by atoms with Gasteiger partial charge in [0.15, 0.2) is 0 Å². The average molecular weight is 371 g/mol. The second-order valence-corrected chi connectivity index (χ2v) is 5.77. The molecule has 3 aromatic carbocycles. The number of halogens is 1. The molecule has 0 saturated carbocycles. The Labute approximate surface area is 140 Å². The molecular formula is C17H11BrN2O3. The normalized spacial score (nSPS) is 11.2. The Balaban J connectivity index is 1.99. The molecule has 0 aliphatic rings. The van der Waals surface area contributed by atoms with E-state index in [1.165, 1.54) is 18.3 Å². The fourth-order valence-electron chi connectivity index (χ4n) is 2.21. The fourth-order valence-corrected chi connectivity index (χ4v) is 2.67. The largest absolute Gasteiger partial charge is 0.506 e. The van der Waals surface area contributed by atoms with Crippen molar-refractivity contribution in [1.29, 1.82) is 0 Å². The maximum atomic E-state index is 10.9. The first-order valence-electron chi connectivity index (χ1n) is 6.74. The lowest BCUT2D eigenvalue weighted by Gasteiger charge is -2.02. The molecule has 6 heteroatoms. The molecule has 0 amide bonds. The van der Waals surface area contributed by atoms with Gasteiger partial charge < -0.3 is 5.11 Å². The summed E-state index contributed by atoms with van der Waals surface area (Å²) >= 11 is 3.11. The lowest BCUT2D eigenvalue weighted by molar-refractivity contribution is -0.385. The summed E-state index contributed by atoms with van der Waals surface area (Å²) in [6.07, 6.45) is 1.41. The fraction of sp³-hybridized carbons (Fsp3) is 0. The summed E-state index contributed by atoms with van der Waals surface area (Å²) in [5, 5.41) is 23.0. The van der Waals surface area contributed by atoms with Gasteiger partial charge in [-0.15, -0.1) is 0 Å². The van der Waals surface area contributed by atoms with Gasteiger partial charge in [0.2, 0.25) is 0 Å². The Morgan fingerprint density at radius 1 is 1.09 bits per heavy atom. The minimum absolute atomic E-state index is 0.0832. The van der Waals surface area contributed by atoms with Crippen molar-refractivity contribution in [2.24, 2.45) is 4.99 Å². The van der Waals surface area contributed by atoms with Gasteiger partial charge in [-0.3, -0.25) is 15.1 Å². The van der Waals surface area contributed by atoms with Crippen LogP contribution in [0.1, 0.15) is 5.56 Å². The van der Waals surface area contributed by atoms with E-state index >= 15 is 0 Å². The van der Waals surface area contributed by atoms with Crippen molar-refractivity contribution >= 4 is 44.3 Å². The zero-order chi connectivity index (χ0) is 16.4. The number of nitro benzene ring substituents is 1. The van der Waals surface area contributed by atoms with Crippen molar-refractivity contribution < 1.29 is 10.0 Å². The van der Waals surface area contributed by atoms with Gasteiger partial charge in [-0.1, -0.05) is 30.3 Å². The summed E-state index contributed by atoms with van der Waals surface area (Å²) in [6.45, 7) is 0. The van der Waals surface area contributed by atoms with Gasteiger partial charge in [-0.2, -0.15) is 0 Å². The van der Waals surface area contributed by atoms with Crippen LogP contribution >= 0.6 is 15.9 Å². The molecule has 0 aliphatic heterocycles. The van der Waals surface area contributed by atoms with E-state index in [-0.39, 0.29) is 21.5 Å². The highest BCUT2D eigenvalue weighted by atomic mass is 79.9. The number of nitrogens with zero attached hydrogens (tertiary/aromatic N) is 2. The summed E-state index contributed by atoms with van der Waals surface area (Å²) in [4.78, 5) is 14.7. The van der Waals surface area contributed by atoms with Gasteiger partial charge in [-0.25, -0.2) is 0 Å². The van der Waals surface area contributed by atoms with Crippen molar-refractivity contribution in [2.75, 3.05) is 0 Å². The van der Waals surface area contributed by atoms with E-state index in [1.54, 1.807) is 0 Å². The molecule has 0 unspecified atom stereocenters. The third-order valence-corrected chi connectivity index (χ3v) is 3.98. The highest BCUT2D eigenvalue weighted by molar-refractivity contribution is 9.10. The van der Waals surface area contributed by atoms with Gasteiger partial charge >= 0.3 is 0 Å². The number of aliphatic imine (C=N–C) groups is 1. The molecule has 0 saturated heterocycles. The van der Waals surface area contributed by atoms with E-state index in [1.807, 2.05) is 42.5 Å². The van der Waals surface area contributed by atoms with Crippen molar-refractivity contribution in [3.8, 4) is 5.75 Å². The lowest BCUT2D eigenvalue weighted by atomic mass is 10.1. The first kappa shape index (κ1) is 15.2. The molecule has 23 heavy (non-hydrogen) atoms. The zero-order valence-corrected chi connectivity index (χ0v) is 13.4. The maximum Gasteiger partial charge on any atom is 0.271 e. The molecule has 3 aromatic rings. The summed E-state index contributed by atoms with van der Waals surface area (Å²) in [6, 6.07) is 16.1. The smallest absolute Gasteiger partial charge is 0.271 e. The molecule has 3 rings (SSSR count). The topological polar surface area (TPSA) is 75.7 Å². The predicted octanol–water partition coefficient (Wildman–Crippen LogP) is 4.97. The number of hydrogen-bond donors (Lipinski definition) is 1. The number of rotatable bonds is 3. The quantitative estimate of drug-likeness (QED) is 0.401. The van der Waals surface area contributed by atoms with Crippen LogP contribution in [0.5, 0.6) is 5.75 Å². The third-order valence-electron chi connectivity index (χ3n) is 3.37. The molecule has 0 aromatic heterocycles. The van der Waals surface area contributed by atoms with Crippen molar-refractivity contribution in [3.63, 3.8) is 0 Å². The monoisotopic (exact) mass is 370 g/mol. The summed E-state index contributed by atoms with van der Waals surface area (Å²) in [5.41, 5.74) is 0.861. The van der Waals surface area contributed by atoms with Gasteiger partial charge in [0.25, 0.3) is 5.69 Å². The number of benzene rings is 3. The van der Waals surface area contributed by atoms with Gasteiger partial charge in [0.1, 0.15) is 5.75 Å². The predicted molar refractivity (Wildman–Crippen MR) is 93.7 cm³/mol. The van der Waals surface area contributed by atoms with Crippen LogP contribution in [-0.4, -0.2) is 16.2 Å². The van der Waals surface area contributed by atoms with Crippen LogP contribution in [0.25, 0.3) is 10.8 Å². The van der Waals surface area contributed by atoms with Crippen molar-refractivity contribution in [3.05, 3.63) is 74.7 Å². The van der Waals surface area contributed by atoms with Gasteiger partial charge in [0, 0.05) is 23.9 Å². The molecule has 114 valence electrons. The molecule has 1 N–H and O–H groups in total. The van der Waals surface area contributed by atoms with Crippen LogP contribution in [0.4, 0.5) is 11.4 Å². The maximum absolute atomic E-state index is 10.9. The van der Waals surface area contributed by atoms with Crippen LogP contribution in [0, 0.1) is 10.1 Å². The molecule has 5 nitrogen and oxygen atoms in total. The first-order chi connectivity index (χ1) is 11.0. The van der Waals surface area contributed by atoms with Crippen LogP contribution in [-0.2, 0) is 0 Å². The number of phenolic OH excluding ortho intramolecular Hbond substituents is 1. The first-order valence-corrected chi connectivity index (χ1v) is 7.53. The number of non-ortho nitro benzene ring substituents is 1. The van der Waals surface area contributed by atoms with Crippen LogP contribution in [0.15, 0.2) is 64.1 Å². The summed E-state index contributed by atoms with van der Waals surface area (Å²) in [5.74, 6) is -0.0832. The van der Waals surface area contributed by atoms with E-state index in [2.05, 4.69) is 20.9 Å². The average Bonchev–Trinajstić information content (AvgIpc) is 2.55. The molecule has 0 aliphatic carbocycles. The van der Waals surface area contributed by atoms with Gasteiger partial charge in [-0.05, 0) is 38.8 Å². The van der Waals surface area contributed by atoms with Crippen molar-refractivity contribution in [2.45, 2.75) is 0 Å². The SMILES string of the molecule is O=[N+]([O-])c1cc(Br)c(O)c(C=Nc2ccc3ccccc3c2)c1.